The molecule has 0 atom stereocenters. The highest BCUT2D eigenvalue weighted by Gasteiger charge is 2.11. The third-order valence-corrected chi connectivity index (χ3v) is 3.12. The van der Waals surface area contributed by atoms with Gasteiger partial charge in [-0.1, -0.05) is 0 Å². The number of nitro benzene ring substituents is 1. The van der Waals surface area contributed by atoms with E-state index in [9.17, 15) is 18.9 Å². The van der Waals surface area contributed by atoms with Crippen molar-refractivity contribution in [1.29, 1.82) is 0 Å². The zero-order valence-electron chi connectivity index (χ0n) is 12.1. The Balaban J connectivity index is 2.23. The zero-order chi connectivity index (χ0) is 16.8. The smallest absolute Gasteiger partial charge is 0.271 e. The van der Waals surface area contributed by atoms with Gasteiger partial charge in [-0.3, -0.25) is 10.1 Å². The van der Waals surface area contributed by atoms with Crippen molar-refractivity contribution in [3.63, 3.8) is 0 Å². The Morgan fingerprint density at radius 3 is 2.57 bits per heavy atom. The molecule has 2 rings (SSSR count). The van der Waals surface area contributed by atoms with Crippen LogP contribution in [0.25, 0.3) is 0 Å². The number of halogens is 2. The summed E-state index contributed by atoms with van der Waals surface area (Å²) in [6, 6.07) is 7.17. The maximum atomic E-state index is 13.6. The van der Waals surface area contributed by atoms with Crippen molar-refractivity contribution in [1.82, 2.24) is 0 Å². The molecule has 0 aromatic heterocycles. The Kier molecular flexibility index (Phi) is 5.42. The van der Waals surface area contributed by atoms with Crippen LogP contribution in [0.4, 0.5) is 25.8 Å². The number of non-ortho nitro benzene ring substituents is 1. The minimum absolute atomic E-state index is 0.0431. The van der Waals surface area contributed by atoms with Crippen LogP contribution in [-0.4, -0.2) is 23.2 Å². The monoisotopic (exact) mass is 323 g/mol. The van der Waals surface area contributed by atoms with Gasteiger partial charge in [-0.2, -0.15) is 0 Å². The van der Waals surface area contributed by atoms with E-state index in [-0.39, 0.29) is 30.9 Å². The molecule has 0 saturated heterocycles. The fourth-order valence-electron chi connectivity index (χ4n) is 2.01. The number of hydrogen-bond donors (Lipinski definition) is 3. The second kappa shape index (κ2) is 7.50. The summed E-state index contributed by atoms with van der Waals surface area (Å²) in [7, 11) is 0. The Morgan fingerprint density at radius 1 is 1.09 bits per heavy atom. The van der Waals surface area contributed by atoms with Crippen LogP contribution in [0, 0.1) is 21.7 Å². The van der Waals surface area contributed by atoms with E-state index in [2.05, 4.69) is 10.6 Å². The minimum atomic E-state index is -0.575. The second-order valence-corrected chi connectivity index (χ2v) is 4.73. The lowest BCUT2D eigenvalue weighted by Gasteiger charge is -2.13. The molecule has 23 heavy (non-hydrogen) atoms. The van der Waals surface area contributed by atoms with Crippen molar-refractivity contribution in [2.75, 3.05) is 23.8 Å². The first kappa shape index (κ1) is 16.6. The molecule has 6 nitrogen and oxygen atoms in total. The summed E-state index contributed by atoms with van der Waals surface area (Å²) in [5.74, 6) is -1.14. The van der Waals surface area contributed by atoms with Crippen LogP contribution in [0.15, 0.2) is 36.4 Å². The fraction of sp³-hybridized carbons (Fsp3) is 0.200. The van der Waals surface area contributed by atoms with Crippen molar-refractivity contribution in [3.8, 4) is 0 Å². The first-order valence-electron chi connectivity index (χ1n) is 6.82. The number of nitrogens with one attached hydrogen (secondary N) is 2. The highest BCUT2D eigenvalue weighted by atomic mass is 19.1. The maximum Gasteiger partial charge on any atom is 0.271 e. The van der Waals surface area contributed by atoms with E-state index in [0.717, 1.165) is 18.2 Å². The number of rotatable bonds is 7. The van der Waals surface area contributed by atoms with Gasteiger partial charge < -0.3 is 15.7 Å². The molecule has 0 aliphatic rings. The van der Waals surface area contributed by atoms with E-state index in [1.165, 1.54) is 18.2 Å². The standard InChI is InChI=1S/C15H15F2N3O3/c16-11-1-3-13(17)10(7-11)9-19-15-8-12(20(22)23)2-4-14(15)18-5-6-21/h1-4,7-8,18-19,21H,5-6,9H2. The van der Waals surface area contributed by atoms with Gasteiger partial charge in [-0.15, -0.1) is 0 Å². The summed E-state index contributed by atoms with van der Waals surface area (Å²) < 4.78 is 26.8. The van der Waals surface area contributed by atoms with E-state index >= 15 is 0 Å². The lowest BCUT2D eigenvalue weighted by molar-refractivity contribution is -0.384. The molecular weight excluding hydrogens is 308 g/mol. The van der Waals surface area contributed by atoms with Crippen LogP contribution >= 0.6 is 0 Å². The van der Waals surface area contributed by atoms with Gasteiger partial charge in [-0.05, 0) is 24.3 Å². The van der Waals surface area contributed by atoms with Gasteiger partial charge in [-0.25, -0.2) is 8.78 Å². The average molecular weight is 323 g/mol. The maximum absolute atomic E-state index is 13.6. The number of nitrogens with zero attached hydrogens (tertiary/aromatic N) is 1. The summed E-state index contributed by atoms with van der Waals surface area (Å²) in [6.07, 6.45) is 0. The first-order chi connectivity index (χ1) is 11.0. The number of anilines is 2. The van der Waals surface area contributed by atoms with Gasteiger partial charge in [0, 0.05) is 30.8 Å². The fourth-order valence-corrected chi connectivity index (χ4v) is 2.01. The van der Waals surface area contributed by atoms with Crippen LogP contribution in [-0.2, 0) is 6.54 Å². The summed E-state index contributed by atoms with van der Waals surface area (Å²) in [5.41, 5.74) is 0.837. The molecule has 0 unspecified atom stereocenters. The quantitative estimate of drug-likeness (QED) is 0.539. The van der Waals surface area contributed by atoms with E-state index in [4.69, 9.17) is 5.11 Å². The molecule has 0 fully saturated rings. The zero-order valence-corrected chi connectivity index (χ0v) is 12.1. The Bertz CT molecular complexity index is 710. The molecule has 0 amide bonds. The molecule has 0 bridgehead atoms. The normalized spacial score (nSPS) is 10.4. The third-order valence-electron chi connectivity index (χ3n) is 3.12. The molecule has 3 N–H and O–H groups in total. The molecule has 2 aromatic carbocycles. The van der Waals surface area contributed by atoms with Crippen molar-refractivity contribution in [2.45, 2.75) is 6.54 Å². The molecule has 0 aliphatic carbocycles. The largest absolute Gasteiger partial charge is 0.395 e. The van der Waals surface area contributed by atoms with Crippen LogP contribution < -0.4 is 10.6 Å². The molecule has 0 aliphatic heterocycles. The molecule has 0 heterocycles. The molecular formula is C15H15F2N3O3. The van der Waals surface area contributed by atoms with Gasteiger partial charge >= 0.3 is 0 Å². The molecule has 8 heteroatoms. The Labute approximate surface area is 130 Å². The number of nitro groups is 1. The van der Waals surface area contributed by atoms with Gasteiger partial charge in [0.1, 0.15) is 11.6 Å². The predicted octanol–water partition coefficient (Wildman–Crippen LogP) is 2.89. The summed E-state index contributed by atoms with van der Waals surface area (Å²) in [4.78, 5) is 10.3. The van der Waals surface area contributed by atoms with Crippen LogP contribution in [0.2, 0.25) is 0 Å². The van der Waals surface area contributed by atoms with E-state index in [1.807, 2.05) is 0 Å². The van der Waals surface area contributed by atoms with E-state index < -0.39 is 16.6 Å². The van der Waals surface area contributed by atoms with Crippen molar-refractivity contribution in [3.05, 3.63) is 63.7 Å². The molecule has 0 radical (unpaired) electrons. The van der Waals surface area contributed by atoms with Gasteiger partial charge in [0.15, 0.2) is 0 Å². The minimum Gasteiger partial charge on any atom is -0.395 e. The highest BCUT2D eigenvalue weighted by Crippen LogP contribution is 2.27. The van der Waals surface area contributed by atoms with Crippen molar-refractivity contribution < 1.29 is 18.8 Å². The molecule has 122 valence electrons. The molecule has 0 saturated carbocycles. The SMILES string of the molecule is O=[N+]([O-])c1ccc(NCCO)c(NCc2cc(F)ccc2F)c1. The van der Waals surface area contributed by atoms with Crippen LogP contribution in [0.5, 0.6) is 0 Å². The Hall–Kier alpha value is -2.74. The number of benzene rings is 2. The number of hydrogen-bond acceptors (Lipinski definition) is 5. The third kappa shape index (κ3) is 4.36. The summed E-state index contributed by atoms with van der Waals surface area (Å²) >= 11 is 0. The summed E-state index contributed by atoms with van der Waals surface area (Å²) in [6.45, 7) is 0.0916. The van der Waals surface area contributed by atoms with E-state index in [1.54, 1.807) is 0 Å². The van der Waals surface area contributed by atoms with E-state index in [0.29, 0.717) is 11.4 Å². The lowest BCUT2D eigenvalue weighted by atomic mass is 10.2. The first-order valence-corrected chi connectivity index (χ1v) is 6.82. The number of aliphatic hydroxyl groups is 1. The van der Waals surface area contributed by atoms with Crippen molar-refractivity contribution >= 4 is 17.1 Å². The summed E-state index contributed by atoms with van der Waals surface area (Å²) in [5, 5.41) is 25.4. The van der Waals surface area contributed by atoms with Crippen LogP contribution in [0.1, 0.15) is 5.56 Å². The topological polar surface area (TPSA) is 87.4 Å². The Morgan fingerprint density at radius 2 is 1.87 bits per heavy atom. The predicted molar refractivity (Wildman–Crippen MR) is 82.4 cm³/mol. The van der Waals surface area contributed by atoms with Gasteiger partial charge in [0.05, 0.1) is 22.9 Å². The average Bonchev–Trinajstić information content (AvgIpc) is 2.54. The van der Waals surface area contributed by atoms with Gasteiger partial charge in [0.25, 0.3) is 5.69 Å². The second-order valence-electron chi connectivity index (χ2n) is 4.73. The molecule has 0 spiro atoms. The molecule has 2 aromatic rings. The van der Waals surface area contributed by atoms with Crippen LogP contribution in [0.3, 0.4) is 0 Å². The van der Waals surface area contributed by atoms with Gasteiger partial charge in [0.2, 0.25) is 0 Å². The number of aliphatic hydroxyl groups excluding tert-OH is 1. The lowest BCUT2D eigenvalue weighted by Crippen LogP contribution is -2.10. The highest BCUT2D eigenvalue weighted by molar-refractivity contribution is 5.72. The van der Waals surface area contributed by atoms with Crippen molar-refractivity contribution in [2.24, 2.45) is 0 Å².